The summed E-state index contributed by atoms with van der Waals surface area (Å²) in [4.78, 5) is 4.26. The highest BCUT2D eigenvalue weighted by atomic mass is 35.5. The van der Waals surface area contributed by atoms with Crippen LogP contribution in [-0.2, 0) is 13.0 Å². The van der Waals surface area contributed by atoms with Crippen LogP contribution < -0.4 is 5.32 Å². The fourth-order valence-corrected chi connectivity index (χ4v) is 3.70. The molecule has 0 spiro atoms. The number of anilines is 1. The Hall–Kier alpha value is -1.84. The molecule has 0 saturated heterocycles. The van der Waals surface area contributed by atoms with Crippen molar-refractivity contribution in [1.82, 2.24) is 4.98 Å². The topological polar surface area (TPSA) is 24.9 Å². The zero-order chi connectivity index (χ0) is 14.2. The second kappa shape index (κ2) is 5.17. The number of benzene rings is 2. The van der Waals surface area contributed by atoms with Crippen LogP contribution in [0.15, 0.2) is 48.7 Å². The highest BCUT2D eigenvalue weighted by Crippen LogP contribution is 2.37. The minimum Gasteiger partial charge on any atom is -0.379 e. The molecule has 1 N–H and O–H groups in total. The molecule has 1 aliphatic rings. The van der Waals surface area contributed by atoms with E-state index < -0.39 is 0 Å². The summed E-state index contributed by atoms with van der Waals surface area (Å²) < 4.78 is 0.733. The summed E-state index contributed by atoms with van der Waals surface area (Å²) in [6.45, 7) is 0.711. The maximum absolute atomic E-state index is 5.90. The highest BCUT2D eigenvalue weighted by molar-refractivity contribution is 7.15. The van der Waals surface area contributed by atoms with Gasteiger partial charge in [0.25, 0.3) is 0 Å². The van der Waals surface area contributed by atoms with E-state index in [0.717, 1.165) is 21.5 Å². The molecule has 0 atom stereocenters. The summed E-state index contributed by atoms with van der Waals surface area (Å²) in [5.41, 5.74) is 6.65. The third kappa shape index (κ3) is 2.43. The van der Waals surface area contributed by atoms with Gasteiger partial charge in [-0.25, -0.2) is 4.98 Å². The van der Waals surface area contributed by atoms with Gasteiger partial charge in [-0.2, -0.15) is 0 Å². The molecule has 1 aliphatic carbocycles. The predicted molar refractivity (Wildman–Crippen MR) is 89.1 cm³/mol. The third-order valence-electron chi connectivity index (χ3n) is 3.76. The number of halogens is 1. The zero-order valence-electron chi connectivity index (χ0n) is 11.3. The molecule has 1 aromatic heterocycles. The number of hydrogen-bond donors (Lipinski definition) is 1. The van der Waals surface area contributed by atoms with Gasteiger partial charge in [0.1, 0.15) is 9.34 Å². The number of aromatic nitrogens is 1. The van der Waals surface area contributed by atoms with E-state index in [-0.39, 0.29) is 0 Å². The molecule has 104 valence electrons. The first-order valence-corrected chi connectivity index (χ1v) is 8.04. The van der Waals surface area contributed by atoms with Crippen molar-refractivity contribution in [2.45, 2.75) is 13.0 Å². The van der Waals surface area contributed by atoms with Crippen LogP contribution in [0.25, 0.3) is 11.1 Å². The maximum atomic E-state index is 5.90. The van der Waals surface area contributed by atoms with Crippen LogP contribution >= 0.6 is 22.9 Å². The maximum Gasteiger partial charge on any atom is 0.113 e. The minimum absolute atomic E-state index is 0.711. The molecule has 0 unspecified atom stereocenters. The molecule has 4 heteroatoms. The van der Waals surface area contributed by atoms with Gasteiger partial charge >= 0.3 is 0 Å². The summed E-state index contributed by atoms with van der Waals surface area (Å²) in [6, 6.07) is 15.2. The summed E-state index contributed by atoms with van der Waals surface area (Å²) in [5.74, 6) is 0. The van der Waals surface area contributed by atoms with E-state index in [0.29, 0.717) is 6.54 Å². The van der Waals surface area contributed by atoms with E-state index >= 15 is 0 Å². The molecule has 0 bridgehead atoms. The van der Waals surface area contributed by atoms with Gasteiger partial charge in [-0.3, -0.25) is 0 Å². The van der Waals surface area contributed by atoms with Crippen LogP contribution in [-0.4, -0.2) is 4.98 Å². The largest absolute Gasteiger partial charge is 0.379 e. The summed E-state index contributed by atoms with van der Waals surface area (Å²) in [7, 11) is 0. The smallest absolute Gasteiger partial charge is 0.113 e. The van der Waals surface area contributed by atoms with E-state index in [1.54, 1.807) is 6.20 Å². The van der Waals surface area contributed by atoms with Gasteiger partial charge in [0.05, 0.1) is 12.7 Å². The Morgan fingerprint density at radius 1 is 1.10 bits per heavy atom. The third-order valence-corrected chi connectivity index (χ3v) is 4.88. The summed E-state index contributed by atoms with van der Waals surface area (Å²) in [5, 5.41) is 4.42. The molecule has 1 heterocycles. The molecule has 4 rings (SSSR count). The number of nitrogens with zero attached hydrogens (tertiary/aromatic N) is 1. The monoisotopic (exact) mass is 312 g/mol. The van der Waals surface area contributed by atoms with Crippen LogP contribution in [0.2, 0.25) is 4.34 Å². The first-order chi connectivity index (χ1) is 10.3. The second-order valence-electron chi connectivity index (χ2n) is 5.12. The Balaban J connectivity index is 1.56. The second-order valence-corrected chi connectivity index (χ2v) is 6.86. The number of nitrogens with one attached hydrogen (secondary N) is 1. The van der Waals surface area contributed by atoms with Crippen molar-refractivity contribution in [3.63, 3.8) is 0 Å². The van der Waals surface area contributed by atoms with Crippen LogP contribution in [0.4, 0.5) is 5.69 Å². The lowest BCUT2D eigenvalue weighted by Crippen LogP contribution is -1.99. The minimum atomic E-state index is 0.711. The van der Waals surface area contributed by atoms with Crippen molar-refractivity contribution < 1.29 is 0 Å². The lowest BCUT2D eigenvalue weighted by molar-refractivity contribution is 1.10. The fourth-order valence-electron chi connectivity index (χ4n) is 2.80. The quantitative estimate of drug-likeness (QED) is 0.577. The molecule has 2 nitrogen and oxygen atoms in total. The van der Waals surface area contributed by atoms with E-state index in [2.05, 4.69) is 52.8 Å². The van der Waals surface area contributed by atoms with E-state index in [4.69, 9.17) is 11.6 Å². The van der Waals surface area contributed by atoms with Crippen molar-refractivity contribution in [3.8, 4) is 11.1 Å². The van der Waals surface area contributed by atoms with Crippen molar-refractivity contribution in [2.75, 3.05) is 5.32 Å². The number of rotatable bonds is 3. The first-order valence-electron chi connectivity index (χ1n) is 6.85. The van der Waals surface area contributed by atoms with Crippen LogP contribution in [0.5, 0.6) is 0 Å². The van der Waals surface area contributed by atoms with E-state index in [9.17, 15) is 0 Å². The highest BCUT2D eigenvalue weighted by Gasteiger charge is 2.17. The predicted octanol–water partition coefficient (Wildman–Crippen LogP) is 4.98. The SMILES string of the molecule is Clc1cnc(CNc2ccc3c(c2)Cc2ccccc2-3)s1. The van der Waals surface area contributed by atoms with E-state index in [1.807, 2.05) is 0 Å². The zero-order valence-corrected chi connectivity index (χ0v) is 12.8. The van der Waals surface area contributed by atoms with Gasteiger partial charge < -0.3 is 5.32 Å². The van der Waals surface area contributed by atoms with Crippen molar-refractivity contribution in [3.05, 3.63) is 69.1 Å². The van der Waals surface area contributed by atoms with Crippen LogP contribution in [0.1, 0.15) is 16.1 Å². The Kier molecular flexibility index (Phi) is 3.17. The van der Waals surface area contributed by atoms with Crippen molar-refractivity contribution in [2.24, 2.45) is 0 Å². The molecular formula is C17H13ClN2S. The van der Waals surface area contributed by atoms with Gasteiger partial charge in [-0.1, -0.05) is 41.9 Å². The number of thiazole rings is 1. The Labute approximate surface area is 132 Å². The first kappa shape index (κ1) is 12.9. The Bertz CT molecular complexity index is 810. The van der Waals surface area contributed by atoms with Crippen LogP contribution in [0, 0.1) is 0 Å². The average Bonchev–Trinajstić information content (AvgIpc) is 3.07. The van der Waals surface area contributed by atoms with Gasteiger partial charge in [-0.15, -0.1) is 11.3 Å². The number of fused-ring (bicyclic) bond motifs is 3. The van der Waals surface area contributed by atoms with Crippen molar-refractivity contribution in [1.29, 1.82) is 0 Å². The molecule has 0 fully saturated rings. The summed E-state index contributed by atoms with van der Waals surface area (Å²) in [6.07, 6.45) is 2.71. The van der Waals surface area contributed by atoms with Gasteiger partial charge in [0.2, 0.25) is 0 Å². The lowest BCUT2D eigenvalue weighted by atomic mass is 10.1. The summed E-state index contributed by atoms with van der Waals surface area (Å²) >= 11 is 7.41. The number of hydrogen-bond acceptors (Lipinski definition) is 3. The molecule has 21 heavy (non-hydrogen) atoms. The van der Waals surface area contributed by atoms with Crippen molar-refractivity contribution >= 4 is 28.6 Å². The van der Waals surface area contributed by atoms with Gasteiger partial charge in [0.15, 0.2) is 0 Å². The Morgan fingerprint density at radius 3 is 2.81 bits per heavy atom. The standard InChI is InChI=1S/C17H13ClN2S/c18-16-9-20-17(21-16)10-19-13-5-6-15-12(8-13)7-11-3-1-2-4-14(11)15/h1-6,8-9,19H,7,10H2. The molecule has 0 radical (unpaired) electrons. The van der Waals surface area contributed by atoms with Gasteiger partial charge in [-0.05, 0) is 40.8 Å². The molecule has 0 saturated carbocycles. The molecule has 3 aromatic rings. The fraction of sp³-hybridized carbons (Fsp3) is 0.118. The Morgan fingerprint density at radius 2 is 1.95 bits per heavy atom. The molecule has 2 aromatic carbocycles. The van der Waals surface area contributed by atoms with Crippen LogP contribution in [0.3, 0.4) is 0 Å². The molecule has 0 amide bonds. The average molecular weight is 313 g/mol. The molecular weight excluding hydrogens is 300 g/mol. The molecule has 0 aliphatic heterocycles. The van der Waals surface area contributed by atoms with E-state index in [1.165, 1.54) is 33.6 Å². The van der Waals surface area contributed by atoms with Gasteiger partial charge in [0, 0.05) is 5.69 Å². The normalized spacial score (nSPS) is 12.0. The lowest BCUT2D eigenvalue weighted by Gasteiger charge is -2.07.